The van der Waals surface area contributed by atoms with E-state index in [1.807, 2.05) is 13.8 Å². The van der Waals surface area contributed by atoms with E-state index < -0.39 is 26.1 Å². The lowest BCUT2D eigenvalue weighted by Gasteiger charge is -2.37. The van der Waals surface area contributed by atoms with Crippen molar-refractivity contribution in [1.82, 2.24) is 0 Å². The molecule has 0 spiro atoms. The molecule has 8 heteroatoms. The van der Waals surface area contributed by atoms with Crippen molar-refractivity contribution in [2.24, 2.45) is 11.8 Å². The molecule has 178 valence electrons. The fourth-order valence-electron chi connectivity index (χ4n) is 3.10. The van der Waals surface area contributed by atoms with E-state index in [0.29, 0.717) is 13.0 Å². The second kappa shape index (κ2) is 10.5. The maximum absolute atomic E-state index is 13.9. The van der Waals surface area contributed by atoms with E-state index in [4.69, 9.17) is 13.9 Å². The van der Waals surface area contributed by atoms with Crippen molar-refractivity contribution in [1.29, 1.82) is 0 Å². The molecule has 1 aromatic carbocycles. The molecule has 0 fully saturated rings. The zero-order valence-electron chi connectivity index (χ0n) is 19.9. The second-order valence-electron chi connectivity index (χ2n) is 9.86. The van der Waals surface area contributed by atoms with E-state index in [-0.39, 0.29) is 29.0 Å². The molecule has 1 rings (SSSR count). The quantitative estimate of drug-likeness (QED) is 0.302. The molecule has 0 aromatic heterocycles. The highest BCUT2D eigenvalue weighted by atomic mass is 28.4. The summed E-state index contributed by atoms with van der Waals surface area (Å²) in [7, 11) is -1.00. The lowest BCUT2D eigenvalue weighted by molar-refractivity contribution is -0.276. The van der Waals surface area contributed by atoms with Crippen molar-refractivity contribution >= 4 is 14.3 Å². The SMILES string of the molecule is COC(C(=O)OC[C@@H](C)C[C@@H](C)CO[Si](C)(C)C(C)(C)C)(c1ccccc1)C(F)(F)F. The topological polar surface area (TPSA) is 44.8 Å². The molecule has 0 heterocycles. The summed E-state index contributed by atoms with van der Waals surface area (Å²) in [5.41, 5.74) is -3.45. The number of hydrogen-bond acceptors (Lipinski definition) is 4. The van der Waals surface area contributed by atoms with Gasteiger partial charge in [-0.2, -0.15) is 13.2 Å². The average molecular weight is 463 g/mol. The Morgan fingerprint density at radius 2 is 1.52 bits per heavy atom. The van der Waals surface area contributed by atoms with Crippen LogP contribution in [0.25, 0.3) is 0 Å². The first-order valence-electron chi connectivity index (χ1n) is 10.6. The van der Waals surface area contributed by atoms with Crippen LogP contribution < -0.4 is 0 Å². The van der Waals surface area contributed by atoms with Crippen LogP contribution in [0.5, 0.6) is 0 Å². The standard InChI is InChI=1S/C23H37F3O4Si/c1-17(14-18(2)16-30-31(7,8)21(3,4)5)15-29-20(27)22(28-6,23(24,25)26)19-12-10-9-11-13-19/h9-13,17-18H,14-16H2,1-8H3/t17-,18+,22?/m0/s1. The molecular formula is C23H37F3O4Si. The Labute approximate surface area is 185 Å². The molecule has 0 aliphatic rings. The summed E-state index contributed by atoms with van der Waals surface area (Å²) in [5.74, 6) is -1.39. The Balaban J connectivity index is 2.76. The monoisotopic (exact) mass is 462 g/mol. The van der Waals surface area contributed by atoms with E-state index in [9.17, 15) is 18.0 Å². The van der Waals surface area contributed by atoms with E-state index in [2.05, 4.69) is 33.9 Å². The van der Waals surface area contributed by atoms with Crippen molar-refractivity contribution in [2.45, 2.75) is 70.9 Å². The molecule has 0 amide bonds. The van der Waals surface area contributed by atoms with Gasteiger partial charge in [-0.1, -0.05) is 65.0 Å². The number of halogens is 3. The van der Waals surface area contributed by atoms with Gasteiger partial charge in [0.15, 0.2) is 8.32 Å². The minimum atomic E-state index is -4.96. The number of esters is 1. The first-order valence-corrected chi connectivity index (χ1v) is 13.5. The lowest BCUT2D eigenvalue weighted by Crippen LogP contribution is -2.52. The van der Waals surface area contributed by atoms with Crippen LogP contribution in [-0.2, 0) is 24.3 Å². The summed E-state index contributed by atoms with van der Waals surface area (Å²) in [6.07, 6.45) is -4.30. The molecule has 1 aromatic rings. The molecule has 3 atom stereocenters. The third kappa shape index (κ3) is 6.80. The molecular weight excluding hydrogens is 425 g/mol. The van der Waals surface area contributed by atoms with Gasteiger partial charge in [0.25, 0.3) is 5.60 Å². The van der Waals surface area contributed by atoms with Crippen LogP contribution in [0.2, 0.25) is 18.1 Å². The van der Waals surface area contributed by atoms with Crippen molar-refractivity contribution < 1.29 is 31.9 Å². The minimum absolute atomic E-state index is 0.104. The zero-order chi connectivity index (χ0) is 24.1. The summed E-state index contributed by atoms with van der Waals surface area (Å²) in [5, 5.41) is 0.104. The highest BCUT2D eigenvalue weighted by molar-refractivity contribution is 6.74. The number of carbonyl (C=O) groups is 1. The highest BCUT2D eigenvalue weighted by Gasteiger charge is 2.64. The first-order chi connectivity index (χ1) is 14.1. The molecule has 0 radical (unpaired) electrons. The number of carbonyl (C=O) groups excluding carboxylic acids is 1. The van der Waals surface area contributed by atoms with Crippen molar-refractivity contribution in [3.05, 3.63) is 35.9 Å². The third-order valence-electron chi connectivity index (χ3n) is 6.01. The van der Waals surface area contributed by atoms with E-state index in [1.165, 1.54) is 24.3 Å². The zero-order valence-corrected chi connectivity index (χ0v) is 20.9. The highest BCUT2D eigenvalue weighted by Crippen LogP contribution is 2.43. The van der Waals surface area contributed by atoms with Gasteiger partial charge in [-0.05, 0) is 36.4 Å². The van der Waals surface area contributed by atoms with Gasteiger partial charge < -0.3 is 13.9 Å². The fraction of sp³-hybridized carbons (Fsp3) is 0.696. The van der Waals surface area contributed by atoms with Gasteiger partial charge in [0.1, 0.15) is 0 Å². The van der Waals surface area contributed by atoms with Gasteiger partial charge in [-0.15, -0.1) is 0 Å². The first kappa shape index (κ1) is 27.7. The van der Waals surface area contributed by atoms with Crippen LogP contribution in [0.1, 0.15) is 46.6 Å². The van der Waals surface area contributed by atoms with E-state index in [0.717, 1.165) is 7.11 Å². The third-order valence-corrected chi connectivity index (χ3v) is 10.5. The average Bonchev–Trinajstić information content (AvgIpc) is 2.64. The number of methoxy groups -OCH3 is 1. The minimum Gasteiger partial charge on any atom is -0.463 e. The van der Waals surface area contributed by atoms with Crippen LogP contribution in [-0.4, -0.2) is 40.8 Å². The van der Waals surface area contributed by atoms with Crippen LogP contribution >= 0.6 is 0 Å². The maximum atomic E-state index is 13.9. The van der Waals surface area contributed by atoms with Gasteiger partial charge >= 0.3 is 12.1 Å². The Kier molecular flexibility index (Phi) is 9.36. The van der Waals surface area contributed by atoms with Crippen molar-refractivity contribution in [3.63, 3.8) is 0 Å². The van der Waals surface area contributed by atoms with Crippen LogP contribution in [0.15, 0.2) is 30.3 Å². The smallest absolute Gasteiger partial charge is 0.432 e. The number of benzene rings is 1. The predicted molar refractivity (Wildman–Crippen MR) is 118 cm³/mol. The van der Waals surface area contributed by atoms with E-state index >= 15 is 0 Å². The molecule has 4 nitrogen and oxygen atoms in total. The van der Waals surface area contributed by atoms with Crippen LogP contribution in [0.4, 0.5) is 13.2 Å². The number of hydrogen-bond donors (Lipinski definition) is 0. The maximum Gasteiger partial charge on any atom is 0.432 e. The second-order valence-corrected chi connectivity index (χ2v) is 14.7. The number of rotatable bonds is 10. The lowest BCUT2D eigenvalue weighted by atomic mass is 9.92. The Hall–Kier alpha value is -1.38. The number of alkyl halides is 3. The molecule has 31 heavy (non-hydrogen) atoms. The predicted octanol–water partition coefficient (Wildman–Crippen LogP) is 6.32. The molecule has 0 bridgehead atoms. The molecule has 0 saturated carbocycles. The van der Waals surface area contributed by atoms with E-state index in [1.54, 1.807) is 6.07 Å². The molecule has 0 aliphatic carbocycles. The van der Waals surface area contributed by atoms with Gasteiger partial charge in [-0.25, -0.2) is 4.79 Å². The van der Waals surface area contributed by atoms with Crippen LogP contribution in [0, 0.1) is 11.8 Å². The largest absolute Gasteiger partial charge is 0.463 e. The Bertz CT molecular complexity index is 701. The number of ether oxygens (including phenoxy) is 2. The van der Waals surface area contributed by atoms with Crippen molar-refractivity contribution in [2.75, 3.05) is 20.3 Å². The molecule has 0 aliphatic heterocycles. The molecule has 0 saturated heterocycles. The summed E-state index contributed by atoms with van der Waals surface area (Å²) in [6.45, 7) is 15.2. The normalized spacial score (nSPS) is 17.0. The van der Waals surface area contributed by atoms with Gasteiger partial charge in [-0.3, -0.25) is 0 Å². The molecule has 1 unspecified atom stereocenters. The van der Waals surface area contributed by atoms with Gasteiger partial charge in [0.2, 0.25) is 0 Å². The van der Waals surface area contributed by atoms with Gasteiger partial charge in [0.05, 0.1) is 6.61 Å². The summed E-state index contributed by atoms with van der Waals surface area (Å²) in [6, 6.07) is 6.84. The molecule has 0 N–H and O–H groups in total. The van der Waals surface area contributed by atoms with Gasteiger partial charge in [0, 0.05) is 19.3 Å². The van der Waals surface area contributed by atoms with Crippen LogP contribution in [0.3, 0.4) is 0 Å². The summed E-state index contributed by atoms with van der Waals surface area (Å²) in [4.78, 5) is 12.6. The summed E-state index contributed by atoms with van der Waals surface area (Å²) < 4.78 is 57.8. The van der Waals surface area contributed by atoms with Crippen molar-refractivity contribution in [3.8, 4) is 0 Å². The Morgan fingerprint density at radius 1 is 1.00 bits per heavy atom. The Morgan fingerprint density at radius 3 is 1.97 bits per heavy atom. The summed E-state index contributed by atoms with van der Waals surface area (Å²) >= 11 is 0. The fourth-order valence-corrected chi connectivity index (χ4v) is 4.23.